The molecule has 0 aliphatic heterocycles. The van der Waals surface area contributed by atoms with Crippen LogP contribution in [0.1, 0.15) is 40.0 Å². The first kappa shape index (κ1) is 10.0. The maximum atomic E-state index is 11.5. The van der Waals surface area contributed by atoms with Gasteiger partial charge < -0.3 is 0 Å². The fraction of sp³-hybridized carbons (Fsp3) is 0.900. The monoisotopic (exact) mass is 188 g/mol. The van der Waals surface area contributed by atoms with Crippen LogP contribution in [0.3, 0.4) is 0 Å². The van der Waals surface area contributed by atoms with Gasteiger partial charge in [-0.15, -0.1) is 11.6 Å². The molecule has 12 heavy (non-hydrogen) atoms. The Balaban J connectivity index is 2.58. The summed E-state index contributed by atoms with van der Waals surface area (Å²) in [4.78, 5) is 10.9. The summed E-state index contributed by atoms with van der Waals surface area (Å²) in [6.45, 7) is 6.19. The van der Waals surface area contributed by atoms with Crippen molar-refractivity contribution in [3.8, 4) is 0 Å². The van der Waals surface area contributed by atoms with E-state index in [-0.39, 0.29) is 5.78 Å². The van der Waals surface area contributed by atoms with Gasteiger partial charge in [0.05, 0.1) is 4.87 Å². The van der Waals surface area contributed by atoms with E-state index in [1.807, 2.05) is 6.92 Å². The second-order valence-corrected chi connectivity index (χ2v) is 5.20. The number of ketones is 1. The minimum Gasteiger partial charge on any atom is -0.298 e. The normalized spacial score (nSPS) is 37.4. The van der Waals surface area contributed by atoms with E-state index in [0.29, 0.717) is 18.3 Å². The van der Waals surface area contributed by atoms with Crippen LogP contribution in [0.4, 0.5) is 0 Å². The Bertz CT molecular complexity index is 184. The van der Waals surface area contributed by atoms with Crippen molar-refractivity contribution in [2.45, 2.75) is 44.9 Å². The molecule has 0 amide bonds. The van der Waals surface area contributed by atoms with Gasteiger partial charge in [-0.3, -0.25) is 4.79 Å². The summed E-state index contributed by atoms with van der Waals surface area (Å²) in [5, 5.41) is 0. The van der Waals surface area contributed by atoms with E-state index in [2.05, 4.69) is 13.8 Å². The zero-order chi connectivity index (χ0) is 9.35. The molecule has 0 spiro atoms. The summed E-state index contributed by atoms with van der Waals surface area (Å²) in [7, 11) is 0. The van der Waals surface area contributed by atoms with Crippen LogP contribution >= 0.6 is 11.6 Å². The predicted octanol–water partition coefficient (Wildman–Crippen LogP) is 3.01. The molecular weight excluding hydrogens is 172 g/mol. The summed E-state index contributed by atoms with van der Waals surface area (Å²) in [5.74, 6) is 1.40. The van der Waals surface area contributed by atoms with E-state index < -0.39 is 4.87 Å². The Labute approximate surface area is 79.5 Å². The number of carbonyl (C=O) groups is 1. The SMILES string of the molecule is CC(C)[C@@H]1CC[C@@](C)(Cl)C(=O)C1. The third kappa shape index (κ3) is 2.01. The first-order valence-corrected chi connectivity index (χ1v) is 5.03. The highest BCUT2D eigenvalue weighted by Crippen LogP contribution is 2.36. The number of rotatable bonds is 1. The van der Waals surface area contributed by atoms with Crippen molar-refractivity contribution in [3.63, 3.8) is 0 Å². The van der Waals surface area contributed by atoms with E-state index in [9.17, 15) is 4.79 Å². The number of halogens is 1. The lowest BCUT2D eigenvalue weighted by Crippen LogP contribution is -2.37. The Kier molecular flexibility index (Phi) is 2.82. The Morgan fingerprint density at radius 1 is 1.58 bits per heavy atom. The highest BCUT2D eigenvalue weighted by molar-refractivity contribution is 6.35. The fourth-order valence-corrected chi connectivity index (χ4v) is 1.90. The molecule has 0 unspecified atom stereocenters. The number of carbonyl (C=O) groups excluding carboxylic acids is 1. The second kappa shape index (κ2) is 3.37. The molecule has 0 aromatic carbocycles. The number of hydrogen-bond acceptors (Lipinski definition) is 1. The average molecular weight is 189 g/mol. The van der Waals surface area contributed by atoms with E-state index >= 15 is 0 Å². The largest absolute Gasteiger partial charge is 0.298 e. The van der Waals surface area contributed by atoms with Crippen LogP contribution in [0.5, 0.6) is 0 Å². The molecule has 70 valence electrons. The molecule has 0 aromatic rings. The second-order valence-electron chi connectivity index (χ2n) is 4.37. The van der Waals surface area contributed by atoms with Crippen LogP contribution in [0.15, 0.2) is 0 Å². The smallest absolute Gasteiger partial charge is 0.153 e. The van der Waals surface area contributed by atoms with Gasteiger partial charge in [0.15, 0.2) is 5.78 Å². The highest BCUT2D eigenvalue weighted by atomic mass is 35.5. The first-order valence-electron chi connectivity index (χ1n) is 4.65. The van der Waals surface area contributed by atoms with Crippen molar-refractivity contribution >= 4 is 17.4 Å². The quantitative estimate of drug-likeness (QED) is 0.579. The van der Waals surface area contributed by atoms with Gasteiger partial charge in [-0.05, 0) is 31.6 Å². The zero-order valence-electron chi connectivity index (χ0n) is 8.06. The van der Waals surface area contributed by atoms with Gasteiger partial charge in [0, 0.05) is 6.42 Å². The van der Waals surface area contributed by atoms with Gasteiger partial charge in [-0.2, -0.15) is 0 Å². The summed E-state index contributed by atoms with van der Waals surface area (Å²) in [6, 6.07) is 0. The van der Waals surface area contributed by atoms with Crippen molar-refractivity contribution in [1.82, 2.24) is 0 Å². The summed E-state index contributed by atoms with van der Waals surface area (Å²) >= 11 is 6.04. The molecule has 1 saturated carbocycles. The van der Waals surface area contributed by atoms with Crippen molar-refractivity contribution in [2.24, 2.45) is 11.8 Å². The third-order valence-corrected chi connectivity index (χ3v) is 3.36. The van der Waals surface area contributed by atoms with Crippen LogP contribution < -0.4 is 0 Å². The molecule has 0 aromatic heterocycles. The number of Topliss-reactive ketones (excluding diaryl/α,β-unsaturated/α-hetero) is 1. The number of hydrogen-bond donors (Lipinski definition) is 0. The fourth-order valence-electron chi connectivity index (χ4n) is 1.72. The Morgan fingerprint density at radius 3 is 2.58 bits per heavy atom. The van der Waals surface area contributed by atoms with Crippen molar-refractivity contribution in [1.29, 1.82) is 0 Å². The Hall–Kier alpha value is -0.0400. The van der Waals surface area contributed by atoms with Gasteiger partial charge in [0.1, 0.15) is 0 Å². The highest BCUT2D eigenvalue weighted by Gasteiger charge is 2.37. The van der Waals surface area contributed by atoms with Gasteiger partial charge >= 0.3 is 0 Å². The molecular formula is C10H17ClO. The summed E-state index contributed by atoms with van der Waals surface area (Å²) < 4.78 is 0. The average Bonchev–Trinajstić information content (AvgIpc) is 1.94. The standard InChI is InChI=1S/C10H17ClO/c1-7(2)8-4-5-10(3,11)9(12)6-8/h7-8H,4-6H2,1-3H3/t8-,10-/m1/s1. The lowest BCUT2D eigenvalue weighted by Gasteiger charge is -2.32. The molecule has 0 saturated heterocycles. The Morgan fingerprint density at radius 2 is 2.17 bits per heavy atom. The maximum Gasteiger partial charge on any atom is 0.153 e. The molecule has 0 N–H and O–H groups in total. The van der Waals surface area contributed by atoms with Gasteiger partial charge in [0.2, 0.25) is 0 Å². The molecule has 2 atom stereocenters. The number of alkyl halides is 1. The van der Waals surface area contributed by atoms with Crippen LogP contribution in [-0.2, 0) is 4.79 Å². The van der Waals surface area contributed by atoms with E-state index in [4.69, 9.17) is 11.6 Å². The first-order chi connectivity index (χ1) is 5.43. The van der Waals surface area contributed by atoms with Crippen molar-refractivity contribution < 1.29 is 4.79 Å². The molecule has 1 aliphatic rings. The van der Waals surface area contributed by atoms with Crippen molar-refractivity contribution in [2.75, 3.05) is 0 Å². The van der Waals surface area contributed by atoms with Crippen LogP contribution in [0, 0.1) is 11.8 Å². The van der Waals surface area contributed by atoms with Crippen LogP contribution in [0.25, 0.3) is 0 Å². The molecule has 1 nitrogen and oxygen atoms in total. The minimum absolute atomic E-state index is 0.231. The molecule has 0 heterocycles. The zero-order valence-corrected chi connectivity index (χ0v) is 8.82. The van der Waals surface area contributed by atoms with Gasteiger partial charge in [-0.25, -0.2) is 0 Å². The molecule has 1 rings (SSSR count). The minimum atomic E-state index is -0.564. The molecule has 2 heteroatoms. The van der Waals surface area contributed by atoms with Gasteiger partial charge in [-0.1, -0.05) is 13.8 Å². The lowest BCUT2D eigenvalue weighted by molar-refractivity contribution is -0.124. The van der Waals surface area contributed by atoms with E-state index in [1.54, 1.807) is 0 Å². The lowest BCUT2D eigenvalue weighted by atomic mass is 9.76. The van der Waals surface area contributed by atoms with Gasteiger partial charge in [0.25, 0.3) is 0 Å². The van der Waals surface area contributed by atoms with E-state index in [1.165, 1.54) is 0 Å². The molecule has 1 aliphatic carbocycles. The van der Waals surface area contributed by atoms with E-state index in [0.717, 1.165) is 12.8 Å². The summed E-state index contributed by atoms with van der Waals surface area (Å²) in [5.41, 5.74) is 0. The van der Waals surface area contributed by atoms with Crippen molar-refractivity contribution in [3.05, 3.63) is 0 Å². The summed E-state index contributed by atoms with van der Waals surface area (Å²) in [6.07, 6.45) is 2.62. The topological polar surface area (TPSA) is 17.1 Å². The molecule has 0 bridgehead atoms. The van der Waals surface area contributed by atoms with Crippen LogP contribution in [0.2, 0.25) is 0 Å². The predicted molar refractivity (Wildman–Crippen MR) is 51.4 cm³/mol. The van der Waals surface area contributed by atoms with Crippen LogP contribution in [-0.4, -0.2) is 10.7 Å². The molecule has 0 radical (unpaired) electrons. The third-order valence-electron chi connectivity index (χ3n) is 2.96. The maximum absolute atomic E-state index is 11.5. The molecule has 1 fully saturated rings.